The van der Waals surface area contributed by atoms with Crippen molar-refractivity contribution in [1.82, 2.24) is 25.7 Å². The number of halogens is 1. The molecule has 144 valence electrons. The van der Waals surface area contributed by atoms with Gasteiger partial charge in [-0.2, -0.15) is 5.10 Å². The van der Waals surface area contributed by atoms with E-state index in [1.807, 2.05) is 27.0 Å². The molecule has 0 aromatic carbocycles. The zero-order valence-electron chi connectivity index (χ0n) is 15.4. The zero-order valence-corrected chi connectivity index (χ0v) is 17.7. The van der Waals surface area contributed by atoms with E-state index in [2.05, 4.69) is 26.0 Å². The van der Waals surface area contributed by atoms with Gasteiger partial charge in [0, 0.05) is 38.4 Å². The fraction of sp³-hybridized carbons (Fsp3) is 0.471. The highest BCUT2D eigenvalue weighted by Gasteiger charge is 2.11. The smallest absolute Gasteiger partial charge is 0.287 e. The molecule has 0 fully saturated rings. The standard InChI is InChI=1S/C17H26N6O2.HI/c1-4-18-17(21-12-14-6-10-22-23(14)3)20-9-5-8-19-16(24)15-13(2)7-11-25-15;/h6-7,10-11H,4-5,8-9,12H2,1-3H3,(H,19,24)(H2,18,20,21);1H. The maximum Gasteiger partial charge on any atom is 0.287 e. The highest BCUT2D eigenvalue weighted by atomic mass is 127. The summed E-state index contributed by atoms with van der Waals surface area (Å²) in [6.07, 6.45) is 4.06. The van der Waals surface area contributed by atoms with Gasteiger partial charge in [-0.15, -0.1) is 24.0 Å². The Balaban J connectivity index is 0.00000338. The van der Waals surface area contributed by atoms with Crippen molar-refractivity contribution in [3.8, 4) is 0 Å². The first kappa shape index (κ1) is 22.0. The molecular weight excluding hydrogens is 447 g/mol. The number of aryl methyl sites for hydroxylation is 2. The quantitative estimate of drug-likeness (QED) is 0.235. The number of carbonyl (C=O) groups is 1. The van der Waals surface area contributed by atoms with Crippen LogP contribution in [0.5, 0.6) is 0 Å². The van der Waals surface area contributed by atoms with Gasteiger partial charge >= 0.3 is 0 Å². The number of nitrogens with zero attached hydrogens (tertiary/aromatic N) is 3. The van der Waals surface area contributed by atoms with Crippen molar-refractivity contribution in [3.63, 3.8) is 0 Å². The summed E-state index contributed by atoms with van der Waals surface area (Å²) in [5.41, 5.74) is 1.88. The summed E-state index contributed by atoms with van der Waals surface area (Å²) >= 11 is 0. The summed E-state index contributed by atoms with van der Waals surface area (Å²) in [5, 5.41) is 13.4. The second-order valence-corrected chi connectivity index (χ2v) is 5.61. The lowest BCUT2D eigenvalue weighted by Crippen LogP contribution is -2.38. The van der Waals surface area contributed by atoms with Crippen molar-refractivity contribution in [2.45, 2.75) is 26.8 Å². The van der Waals surface area contributed by atoms with Crippen LogP contribution in [0.15, 0.2) is 34.0 Å². The molecule has 1 amide bonds. The molecule has 0 saturated heterocycles. The zero-order chi connectivity index (χ0) is 18.1. The molecule has 2 rings (SSSR count). The Morgan fingerprint density at radius 1 is 1.27 bits per heavy atom. The van der Waals surface area contributed by atoms with Crippen molar-refractivity contribution in [2.75, 3.05) is 19.6 Å². The molecule has 0 spiro atoms. The van der Waals surface area contributed by atoms with Gasteiger partial charge in [-0.05, 0) is 32.4 Å². The van der Waals surface area contributed by atoms with Gasteiger partial charge < -0.3 is 20.4 Å². The number of rotatable bonds is 8. The number of hydrogen-bond donors (Lipinski definition) is 3. The van der Waals surface area contributed by atoms with E-state index in [0.717, 1.165) is 30.2 Å². The molecule has 26 heavy (non-hydrogen) atoms. The second kappa shape index (κ2) is 11.6. The number of furan rings is 1. The molecule has 2 heterocycles. The fourth-order valence-corrected chi connectivity index (χ4v) is 2.24. The lowest BCUT2D eigenvalue weighted by molar-refractivity contribution is 0.0925. The molecule has 0 bridgehead atoms. The Morgan fingerprint density at radius 2 is 2.04 bits per heavy atom. The van der Waals surface area contributed by atoms with E-state index in [9.17, 15) is 4.79 Å². The molecule has 0 aliphatic heterocycles. The third-order valence-electron chi connectivity index (χ3n) is 3.67. The minimum atomic E-state index is -0.181. The van der Waals surface area contributed by atoms with E-state index in [1.165, 1.54) is 6.26 Å². The van der Waals surface area contributed by atoms with Gasteiger partial charge in [0.15, 0.2) is 11.7 Å². The number of hydrogen-bond acceptors (Lipinski definition) is 4. The van der Waals surface area contributed by atoms with Gasteiger partial charge in [-0.25, -0.2) is 4.99 Å². The van der Waals surface area contributed by atoms with Crippen LogP contribution in [0.4, 0.5) is 0 Å². The molecule has 8 nitrogen and oxygen atoms in total. The highest BCUT2D eigenvalue weighted by Crippen LogP contribution is 2.07. The van der Waals surface area contributed by atoms with E-state index >= 15 is 0 Å². The number of aromatic nitrogens is 2. The van der Waals surface area contributed by atoms with Gasteiger partial charge in [-0.1, -0.05) is 0 Å². The monoisotopic (exact) mass is 474 g/mol. The predicted molar refractivity (Wildman–Crippen MR) is 112 cm³/mol. The maximum atomic E-state index is 11.9. The molecular formula is C17H27IN6O2. The first-order chi connectivity index (χ1) is 12.1. The largest absolute Gasteiger partial charge is 0.459 e. The van der Waals surface area contributed by atoms with Gasteiger partial charge in [0.2, 0.25) is 0 Å². The summed E-state index contributed by atoms with van der Waals surface area (Å²) in [6.45, 7) is 6.47. The summed E-state index contributed by atoms with van der Waals surface area (Å²) in [6, 6.07) is 3.72. The minimum Gasteiger partial charge on any atom is -0.459 e. The first-order valence-electron chi connectivity index (χ1n) is 8.43. The van der Waals surface area contributed by atoms with Crippen molar-refractivity contribution in [1.29, 1.82) is 0 Å². The number of amides is 1. The van der Waals surface area contributed by atoms with Gasteiger partial charge in [0.25, 0.3) is 5.91 Å². The lowest BCUT2D eigenvalue weighted by atomic mass is 10.2. The average molecular weight is 474 g/mol. The van der Waals surface area contributed by atoms with E-state index in [4.69, 9.17) is 4.42 Å². The number of nitrogens with one attached hydrogen (secondary N) is 3. The summed E-state index contributed by atoms with van der Waals surface area (Å²) < 4.78 is 6.97. The van der Waals surface area contributed by atoms with Crippen molar-refractivity contribution in [2.24, 2.45) is 12.0 Å². The SMILES string of the molecule is CCNC(=NCc1ccnn1C)NCCCNC(=O)c1occc1C.I. The molecule has 2 aromatic heterocycles. The highest BCUT2D eigenvalue weighted by molar-refractivity contribution is 14.0. The van der Waals surface area contributed by atoms with Crippen LogP contribution in [0.1, 0.15) is 35.2 Å². The average Bonchev–Trinajstić information content (AvgIpc) is 3.20. The van der Waals surface area contributed by atoms with Crippen molar-refractivity contribution in [3.05, 3.63) is 41.6 Å². The molecule has 2 aromatic rings. The Bertz CT molecular complexity index is 710. The van der Waals surface area contributed by atoms with Crippen LogP contribution < -0.4 is 16.0 Å². The molecule has 9 heteroatoms. The molecule has 3 N–H and O–H groups in total. The minimum absolute atomic E-state index is 0. The summed E-state index contributed by atoms with van der Waals surface area (Å²) in [5.74, 6) is 0.940. The maximum absolute atomic E-state index is 11.9. The van der Waals surface area contributed by atoms with E-state index in [0.29, 0.717) is 25.4 Å². The van der Waals surface area contributed by atoms with E-state index in [1.54, 1.807) is 16.9 Å². The molecule has 0 unspecified atom stereocenters. The molecule has 0 aliphatic carbocycles. The lowest BCUT2D eigenvalue weighted by Gasteiger charge is -2.11. The Hall–Kier alpha value is -2.04. The Morgan fingerprint density at radius 3 is 2.65 bits per heavy atom. The summed E-state index contributed by atoms with van der Waals surface area (Å²) in [7, 11) is 1.90. The number of guanidine groups is 1. The first-order valence-corrected chi connectivity index (χ1v) is 8.43. The summed E-state index contributed by atoms with van der Waals surface area (Å²) in [4.78, 5) is 16.5. The van der Waals surface area contributed by atoms with Crippen molar-refractivity contribution < 1.29 is 9.21 Å². The number of carbonyl (C=O) groups excluding carboxylic acids is 1. The second-order valence-electron chi connectivity index (χ2n) is 5.61. The predicted octanol–water partition coefficient (Wildman–Crippen LogP) is 1.81. The topological polar surface area (TPSA) is 96.5 Å². The van der Waals surface area contributed by atoms with Crippen LogP contribution in [-0.2, 0) is 13.6 Å². The Kier molecular flexibility index (Phi) is 9.78. The van der Waals surface area contributed by atoms with Crippen molar-refractivity contribution >= 4 is 35.8 Å². The van der Waals surface area contributed by atoms with Crippen LogP contribution in [0.25, 0.3) is 0 Å². The van der Waals surface area contributed by atoms with Crippen LogP contribution in [0.2, 0.25) is 0 Å². The number of aliphatic imine (C=N–C) groups is 1. The van der Waals surface area contributed by atoms with Crippen LogP contribution in [-0.4, -0.2) is 41.3 Å². The molecule has 0 radical (unpaired) electrons. The third kappa shape index (κ3) is 6.70. The van der Waals surface area contributed by atoms with Crippen LogP contribution in [0.3, 0.4) is 0 Å². The van der Waals surface area contributed by atoms with Crippen LogP contribution >= 0.6 is 24.0 Å². The Labute approximate surface area is 170 Å². The van der Waals surface area contributed by atoms with Gasteiger partial charge in [-0.3, -0.25) is 9.48 Å². The molecule has 0 aliphatic rings. The fourth-order valence-electron chi connectivity index (χ4n) is 2.24. The van der Waals surface area contributed by atoms with Gasteiger partial charge in [0.1, 0.15) is 0 Å². The third-order valence-corrected chi connectivity index (χ3v) is 3.67. The van der Waals surface area contributed by atoms with Crippen LogP contribution in [0, 0.1) is 6.92 Å². The van der Waals surface area contributed by atoms with E-state index in [-0.39, 0.29) is 29.9 Å². The van der Waals surface area contributed by atoms with E-state index < -0.39 is 0 Å². The van der Waals surface area contributed by atoms with Gasteiger partial charge in [0.05, 0.1) is 18.5 Å². The molecule has 0 saturated carbocycles. The normalized spacial score (nSPS) is 11.0. The molecule has 0 atom stereocenters.